The third kappa shape index (κ3) is 8.11. The van der Waals surface area contributed by atoms with Crippen molar-refractivity contribution in [3.05, 3.63) is 11.9 Å². The number of ether oxygens (including phenoxy) is 6. The first-order valence-electron chi connectivity index (χ1n) is 12.2. The molecule has 0 spiro atoms. The molecule has 2 aliphatic heterocycles. The van der Waals surface area contributed by atoms with Gasteiger partial charge in [0.2, 0.25) is 5.91 Å². The molecule has 17 heteroatoms. The second-order valence-electron chi connectivity index (χ2n) is 9.10. The highest BCUT2D eigenvalue weighted by atomic mass is 16.7. The summed E-state index contributed by atoms with van der Waals surface area (Å²) in [5.74, 6) is -3.20. The highest BCUT2D eigenvalue weighted by Gasteiger charge is 2.53. The van der Waals surface area contributed by atoms with Crippen molar-refractivity contribution >= 4 is 35.9 Å². The summed E-state index contributed by atoms with van der Waals surface area (Å²) in [6, 6.07) is 0. The molecule has 0 radical (unpaired) electrons. The smallest absolute Gasteiger partial charge is 0.410 e. The van der Waals surface area contributed by atoms with Crippen LogP contribution in [0.15, 0.2) is 6.20 Å². The summed E-state index contributed by atoms with van der Waals surface area (Å²) < 4.78 is 33.7. The lowest BCUT2D eigenvalue weighted by atomic mass is 9.97. The van der Waals surface area contributed by atoms with Gasteiger partial charge in [0.05, 0.1) is 25.8 Å². The molecular weight excluding hydrogens is 538 g/mol. The standard InChI is InChI=1S/C23H31N5O12/c1-11(29)24-6-17-9-27(23(34)39-17)7-16-8-28(26-25-16)22-21(38-15(5)33)20(37-14(4)32)19(36-13(3)31)18(40-22)10-35-12(2)30/h8,17-22H,6-7,9-10H2,1-5H3,(H,24,29)/t17?,18-,19-,20+,21-,22-/m1/s1. The van der Waals surface area contributed by atoms with Gasteiger partial charge in [-0.25, -0.2) is 9.48 Å². The summed E-state index contributed by atoms with van der Waals surface area (Å²) in [6.07, 6.45) is -6.25. The molecule has 0 bridgehead atoms. The molecule has 0 aliphatic carbocycles. The van der Waals surface area contributed by atoms with Crippen LogP contribution in [0.3, 0.4) is 0 Å². The number of aromatic nitrogens is 3. The van der Waals surface area contributed by atoms with Gasteiger partial charge in [-0.15, -0.1) is 5.10 Å². The Bertz CT molecular complexity index is 1140. The maximum Gasteiger partial charge on any atom is 0.410 e. The van der Waals surface area contributed by atoms with E-state index < -0.39 is 73.3 Å². The third-order valence-corrected chi connectivity index (χ3v) is 5.67. The van der Waals surface area contributed by atoms with Gasteiger partial charge in [0.1, 0.15) is 24.5 Å². The van der Waals surface area contributed by atoms with E-state index in [4.69, 9.17) is 28.4 Å². The molecule has 2 aliphatic rings. The van der Waals surface area contributed by atoms with Crippen LogP contribution in [0.5, 0.6) is 0 Å². The predicted octanol–water partition coefficient (Wildman–Crippen LogP) is -1.01. The minimum absolute atomic E-state index is 0.0132. The Morgan fingerprint density at radius 3 is 2.17 bits per heavy atom. The summed E-state index contributed by atoms with van der Waals surface area (Å²) in [7, 11) is 0. The fraction of sp³-hybridized carbons (Fsp3) is 0.652. The van der Waals surface area contributed by atoms with E-state index in [0.717, 1.165) is 20.8 Å². The highest BCUT2D eigenvalue weighted by molar-refractivity contribution is 5.73. The second kappa shape index (κ2) is 13.2. The van der Waals surface area contributed by atoms with E-state index in [1.54, 1.807) is 0 Å². The van der Waals surface area contributed by atoms with E-state index in [1.807, 2.05) is 0 Å². The third-order valence-electron chi connectivity index (χ3n) is 5.67. The lowest BCUT2D eigenvalue weighted by molar-refractivity contribution is -0.270. The van der Waals surface area contributed by atoms with Crippen LogP contribution in [0.1, 0.15) is 46.5 Å². The zero-order valence-corrected chi connectivity index (χ0v) is 22.6. The van der Waals surface area contributed by atoms with Crippen LogP contribution >= 0.6 is 0 Å². The number of rotatable bonds is 10. The van der Waals surface area contributed by atoms with E-state index in [0.29, 0.717) is 5.69 Å². The van der Waals surface area contributed by atoms with E-state index in [1.165, 1.54) is 29.6 Å². The van der Waals surface area contributed by atoms with Gasteiger partial charge in [-0.2, -0.15) is 0 Å². The largest absolute Gasteiger partial charge is 0.463 e. The van der Waals surface area contributed by atoms with E-state index in [2.05, 4.69) is 15.6 Å². The lowest BCUT2D eigenvalue weighted by Gasteiger charge is -2.44. The summed E-state index contributed by atoms with van der Waals surface area (Å²) >= 11 is 0. The molecule has 1 aromatic rings. The number of hydrogen-bond acceptors (Lipinski definition) is 14. The predicted molar refractivity (Wildman–Crippen MR) is 127 cm³/mol. The normalized spacial score (nSPS) is 25.9. The van der Waals surface area contributed by atoms with Crippen molar-refractivity contribution in [2.45, 2.75) is 77.9 Å². The summed E-state index contributed by atoms with van der Waals surface area (Å²) in [4.78, 5) is 72.2. The van der Waals surface area contributed by atoms with Gasteiger partial charge >= 0.3 is 30.0 Å². The van der Waals surface area contributed by atoms with Crippen LogP contribution in [0.25, 0.3) is 0 Å². The number of hydrogen-bond donors (Lipinski definition) is 1. The fourth-order valence-corrected chi connectivity index (χ4v) is 4.19. The SMILES string of the molecule is CC(=O)NCC1CN(Cc2cn([C@@H]3O[C@H](COC(C)=O)[C@@H](OC(C)=O)[C@H](OC(C)=O)[C@H]3OC(C)=O)nn2)C(=O)O1. The quantitative estimate of drug-likeness (QED) is 0.265. The number of amides is 2. The minimum Gasteiger partial charge on any atom is -0.463 e. The van der Waals surface area contributed by atoms with Gasteiger partial charge in [0.25, 0.3) is 0 Å². The molecule has 3 rings (SSSR count). The van der Waals surface area contributed by atoms with Crippen molar-refractivity contribution in [1.82, 2.24) is 25.2 Å². The Kier molecular flexibility index (Phi) is 9.98. The second-order valence-corrected chi connectivity index (χ2v) is 9.10. The maximum atomic E-state index is 12.3. The number of nitrogens with zero attached hydrogens (tertiary/aromatic N) is 4. The Morgan fingerprint density at radius 2 is 1.57 bits per heavy atom. The molecular formula is C23H31N5O12. The number of carbonyl (C=O) groups excluding carboxylic acids is 6. The molecule has 2 amide bonds. The zero-order chi connectivity index (χ0) is 29.6. The van der Waals surface area contributed by atoms with E-state index >= 15 is 0 Å². The zero-order valence-electron chi connectivity index (χ0n) is 22.6. The van der Waals surface area contributed by atoms with Crippen molar-refractivity contribution in [2.75, 3.05) is 19.7 Å². The first-order valence-corrected chi connectivity index (χ1v) is 12.2. The number of nitrogens with one attached hydrogen (secondary N) is 1. The number of carbonyl (C=O) groups is 6. The van der Waals surface area contributed by atoms with Crippen LogP contribution in [0, 0.1) is 0 Å². The van der Waals surface area contributed by atoms with Gasteiger partial charge in [0.15, 0.2) is 24.5 Å². The van der Waals surface area contributed by atoms with Crippen molar-refractivity contribution < 1.29 is 57.2 Å². The number of esters is 4. The maximum absolute atomic E-state index is 12.3. The Labute approximate surface area is 228 Å². The van der Waals surface area contributed by atoms with Gasteiger partial charge in [-0.05, 0) is 0 Å². The van der Waals surface area contributed by atoms with Gasteiger partial charge in [-0.3, -0.25) is 28.9 Å². The molecule has 2 saturated heterocycles. The topological polar surface area (TPSA) is 204 Å². The molecule has 6 atom stereocenters. The average Bonchev–Trinajstić information content (AvgIpc) is 3.44. The van der Waals surface area contributed by atoms with Gasteiger partial charge < -0.3 is 33.7 Å². The van der Waals surface area contributed by atoms with E-state index in [-0.39, 0.29) is 25.5 Å². The highest BCUT2D eigenvalue weighted by Crippen LogP contribution is 2.34. The van der Waals surface area contributed by atoms with Crippen LogP contribution < -0.4 is 5.32 Å². The summed E-state index contributed by atoms with van der Waals surface area (Å²) in [5, 5.41) is 10.7. The van der Waals surface area contributed by atoms with Crippen molar-refractivity contribution in [3.8, 4) is 0 Å². The molecule has 1 aromatic heterocycles. The number of cyclic esters (lactones) is 1. The van der Waals surface area contributed by atoms with Crippen LogP contribution in [-0.2, 0) is 58.9 Å². The monoisotopic (exact) mass is 569 g/mol. The molecule has 40 heavy (non-hydrogen) atoms. The minimum atomic E-state index is -1.37. The van der Waals surface area contributed by atoms with E-state index in [9.17, 15) is 28.8 Å². The Hall–Kier alpha value is -4.28. The fourth-order valence-electron chi connectivity index (χ4n) is 4.19. The van der Waals surface area contributed by atoms with Crippen molar-refractivity contribution in [1.29, 1.82) is 0 Å². The van der Waals surface area contributed by atoms with Gasteiger partial charge in [0, 0.05) is 34.6 Å². The summed E-state index contributed by atoms with van der Waals surface area (Å²) in [6.45, 7) is 5.79. The van der Waals surface area contributed by atoms with Crippen LogP contribution in [0.2, 0.25) is 0 Å². The van der Waals surface area contributed by atoms with Crippen molar-refractivity contribution in [2.24, 2.45) is 0 Å². The molecule has 17 nitrogen and oxygen atoms in total. The molecule has 0 aromatic carbocycles. The molecule has 220 valence electrons. The molecule has 1 N–H and O–H groups in total. The van der Waals surface area contributed by atoms with Gasteiger partial charge in [-0.1, -0.05) is 5.21 Å². The first kappa shape index (κ1) is 30.3. The molecule has 1 unspecified atom stereocenters. The lowest BCUT2D eigenvalue weighted by Crippen LogP contribution is -2.60. The molecule has 2 fully saturated rings. The first-order chi connectivity index (χ1) is 18.8. The van der Waals surface area contributed by atoms with Crippen molar-refractivity contribution in [3.63, 3.8) is 0 Å². The van der Waals surface area contributed by atoms with Crippen LogP contribution in [-0.4, -0.2) is 106 Å². The average molecular weight is 570 g/mol. The Balaban J connectivity index is 1.88. The molecule has 3 heterocycles. The van der Waals surface area contributed by atoms with Crippen LogP contribution in [0.4, 0.5) is 4.79 Å². The summed E-state index contributed by atoms with van der Waals surface area (Å²) in [5.41, 5.74) is 0.296. The Morgan fingerprint density at radius 1 is 0.950 bits per heavy atom. The molecule has 0 saturated carbocycles.